The molecule has 2 atom stereocenters. The molecule has 0 amide bonds. The molecular weight excluding hydrogens is 387 g/mol. The summed E-state index contributed by atoms with van der Waals surface area (Å²) in [6, 6.07) is 4.78. The van der Waals surface area contributed by atoms with Crippen LogP contribution in [0.2, 0.25) is 0 Å². The normalized spacial score (nSPS) is 20.4. The minimum absolute atomic E-state index is 0.296. The number of nitrogens with zero attached hydrogens (tertiary/aromatic N) is 1. The molecular formula is C19H18BrFN2O2. The topological polar surface area (TPSA) is 51.2 Å². The SMILES string of the molecule is CCOC(=O)c1cnc(Nc2ccc(F)c(Br)c2)c2c1C1CCC2C1. The Labute approximate surface area is 153 Å². The van der Waals surface area contributed by atoms with E-state index in [4.69, 9.17) is 4.74 Å². The number of hydrogen-bond acceptors (Lipinski definition) is 4. The summed E-state index contributed by atoms with van der Waals surface area (Å²) >= 11 is 3.21. The van der Waals surface area contributed by atoms with Crippen LogP contribution in [0.15, 0.2) is 28.9 Å². The molecule has 2 aliphatic carbocycles. The zero-order valence-electron chi connectivity index (χ0n) is 13.8. The van der Waals surface area contributed by atoms with E-state index < -0.39 is 0 Å². The van der Waals surface area contributed by atoms with Crippen molar-refractivity contribution in [1.29, 1.82) is 0 Å². The highest BCUT2D eigenvalue weighted by molar-refractivity contribution is 9.10. The Morgan fingerprint density at radius 2 is 2.12 bits per heavy atom. The third-order valence-corrected chi connectivity index (χ3v) is 5.69. The average Bonchev–Trinajstić information content (AvgIpc) is 3.21. The van der Waals surface area contributed by atoms with Crippen molar-refractivity contribution in [3.8, 4) is 0 Å². The Morgan fingerprint density at radius 3 is 2.84 bits per heavy atom. The van der Waals surface area contributed by atoms with Crippen LogP contribution in [0.5, 0.6) is 0 Å². The average molecular weight is 405 g/mol. The van der Waals surface area contributed by atoms with Gasteiger partial charge in [-0.25, -0.2) is 14.2 Å². The standard InChI is InChI=1S/C19H18BrFN2O2/c1-2-25-19(24)13-9-22-18(17-11-4-3-10(7-11)16(13)17)23-12-5-6-15(21)14(20)8-12/h5-6,8-11H,2-4,7H2,1H3,(H,22,23). The molecule has 0 saturated heterocycles. The van der Waals surface area contributed by atoms with E-state index in [-0.39, 0.29) is 11.8 Å². The smallest absolute Gasteiger partial charge is 0.339 e. The van der Waals surface area contributed by atoms with E-state index in [1.807, 2.05) is 0 Å². The molecule has 2 aliphatic rings. The van der Waals surface area contributed by atoms with Gasteiger partial charge in [0, 0.05) is 17.4 Å². The second kappa shape index (κ2) is 6.41. The zero-order valence-corrected chi connectivity index (χ0v) is 15.4. The number of esters is 1. The molecule has 0 radical (unpaired) electrons. The monoisotopic (exact) mass is 404 g/mol. The number of halogens is 2. The first kappa shape index (κ1) is 16.5. The van der Waals surface area contributed by atoms with Gasteiger partial charge in [0.2, 0.25) is 0 Å². The molecule has 1 N–H and O–H groups in total. The molecule has 4 rings (SSSR count). The maximum Gasteiger partial charge on any atom is 0.339 e. The lowest BCUT2D eigenvalue weighted by Gasteiger charge is -2.21. The molecule has 2 bridgehead atoms. The second-order valence-electron chi connectivity index (χ2n) is 6.53. The lowest BCUT2D eigenvalue weighted by molar-refractivity contribution is 0.0524. The van der Waals surface area contributed by atoms with Gasteiger partial charge < -0.3 is 10.1 Å². The molecule has 25 heavy (non-hydrogen) atoms. The maximum absolute atomic E-state index is 13.5. The molecule has 1 heterocycles. The Bertz CT molecular complexity index is 856. The van der Waals surface area contributed by atoms with E-state index in [2.05, 4.69) is 26.2 Å². The first-order valence-corrected chi connectivity index (χ1v) is 9.29. The molecule has 1 aromatic heterocycles. The number of nitrogens with one attached hydrogen (secondary N) is 1. The number of fused-ring (bicyclic) bond motifs is 5. The van der Waals surface area contributed by atoms with Gasteiger partial charge in [-0.3, -0.25) is 0 Å². The van der Waals surface area contributed by atoms with Crippen molar-refractivity contribution in [2.45, 2.75) is 38.0 Å². The largest absolute Gasteiger partial charge is 0.462 e. The van der Waals surface area contributed by atoms with E-state index >= 15 is 0 Å². The number of carbonyl (C=O) groups is 1. The molecule has 130 valence electrons. The highest BCUT2D eigenvalue weighted by Crippen LogP contribution is 2.56. The van der Waals surface area contributed by atoms with Crippen molar-refractivity contribution in [3.63, 3.8) is 0 Å². The summed E-state index contributed by atoms with van der Waals surface area (Å²) in [6.45, 7) is 2.16. The highest BCUT2D eigenvalue weighted by atomic mass is 79.9. The van der Waals surface area contributed by atoms with Crippen LogP contribution < -0.4 is 5.32 Å². The van der Waals surface area contributed by atoms with Crippen LogP contribution in [0.3, 0.4) is 0 Å². The van der Waals surface area contributed by atoms with Gasteiger partial charge in [0.05, 0.1) is 16.6 Å². The van der Waals surface area contributed by atoms with E-state index in [0.29, 0.717) is 28.5 Å². The van der Waals surface area contributed by atoms with E-state index in [9.17, 15) is 9.18 Å². The third kappa shape index (κ3) is 2.82. The van der Waals surface area contributed by atoms with Crippen LogP contribution in [0.4, 0.5) is 15.9 Å². The van der Waals surface area contributed by atoms with Gasteiger partial charge in [0.1, 0.15) is 11.6 Å². The van der Waals surface area contributed by atoms with Crippen molar-refractivity contribution >= 4 is 33.4 Å². The first-order chi connectivity index (χ1) is 12.1. The lowest BCUT2D eigenvalue weighted by Crippen LogP contribution is -2.14. The number of rotatable bonds is 4. The van der Waals surface area contributed by atoms with Crippen LogP contribution in [0, 0.1) is 5.82 Å². The maximum atomic E-state index is 13.5. The molecule has 0 spiro atoms. The summed E-state index contributed by atoms with van der Waals surface area (Å²) in [4.78, 5) is 16.8. The van der Waals surface area contributed by atoms with Crippen LogP contribution in [0.1, 0.15) is 59.5 Å². The van der Waals surface area contributed by atoms with E-state index in [1.165, 1.54) is 6.07 Å². The molecule has 1 aromatic carbocycles. The molecule has 4 nitrogen and oxygen atoms in total. The third-order valence-electron chi connectivity index (χ3n) is 5.09. The lowest BCUT2D eigenvalue weighted by atomic mass is 9.89. The number of ether oxygens (including phenoxy) is 1. The Morgan fingerprint density at radius 1 is 1.36 bits per heavy atom. The van der Waals surface area contributed by atoms with Gasteiger partial charge in [-0.1, -0.05) is 0 Å². The summed E-state index contributed by atoms with van der Waals surface area (Å²) in [7, 11) is 0. The number of carbonyl (C=O) groups excluding carboxylic acids is 1. The zero-order chi connectivity index (χ0) is 17.6. The van der Waals surface area contributed by atoms with Crippen LogP contribution in [-0.4, -0.2) is 17.6 Å². The molecule has 1 saturated carbocycles. The van der Waals surface area contributed by atoms with Gasteiger partial charge in [-0.05, 0) is 77.7 Å². The summed E-state index contributed by atoms with van der Waals surface area (Å²) < 4.78 is 19.1. The van der Waals surface area contributed by atoms with E-state index in [1.54, 1.807) is 25.3 Å². The van der Waals surface area contributed by atoms with Gasteiger partial charge in [0.25, 0.3) is 0 Å². The highest BCUT2D eigenvalue weighted by Gasteiger charge is 2.42. The summed E-state index contributed by atoms with van der Waals surface area (Å²) in [5.74, 6) is 0.986. The minimum atomic E-state index is -0.305. The minimum Gasteiger partial charge on any atom is -0.462 e. The number of benzene rings is 1. The number of anilines is 2. The quantitative estimate of drug-likeness (QED) is 0.705. The number of pyridine rings is 1. The number of aromatic nitrogens is 1. The predicted octanol–water partition coefficient (Wildman–Crippen LogP) is 5.27. The summed E-state index contributed by atoms with van der Waals surface area (Å²) in [6.07, 6.45) is 4.90. The fourth-order valence-electron chi connectivity index (χ4n) is 4.08. The van der Waals surface area contributed by atoms with Crippen molar-refractivity contribution in [2.24, 2.45) is 0 Å². The molecule has 1 fully saturated rings. The Balaban J connectivity index is 1.75. The van der Waals surface area contributed by atoms with Crippen molar-refractivity contribution in [2.75, 3.05) is 11.9 Å². The van der Waals surface area contributed by atoms with Gasteiger partial charge in [0.15, 0.2) is 0 Å². The van der Waals surface area contributed by atoms with Crippen molar-refractivity contribution in [1.82, 2.24) is 4.98 Å². The van der Waals surface area contributed by atoms with Crippen LogP contribution in [-0.2, 0) is 4.74 Å². The Kier molecular flexibility index (Phi) is 4.23. The summed E-state index contributed by atoms with van der Waals surface area (Å²) in [5, 5.41) is 3.30. The Hall–Kier alpha value is -1.95. The predicted molar refractivity (Wildman–Crippen MR) is 96.9 cm³/mol. The fraction of sp³-hybridized carbons (Fsp3) is 0.368. The van der Waals surface area contributed by atoms with Crippen LogP contribution >= 0.6 is 15.9 Å². The first-order valence-electron chi connectivity index (χ1n) is 8.50. The molecule has 2 unspecified atom stereocenters. The molecule has 2 aromatic rings. The molecule has 0 aliphatic heterocycles. The van der Waals surface area contributed by atoms with E-state index in [0.717, 1.165) is 41.9 Å². The van der Waals surface area contributed by atoms with Crippen molar-refractivity contribution in [3.05, 3.63) is 51.4 Å². The van der Waals surface area contributed by atoms with Gasteiger partial charge in [-0.2, -0.15) is 0 Å². The van der Waals surface area contributed by atoms with Crippen LogP contribution in [0.25, 0.3) is 0 Å². The van der Waals surface area contributed by atoms with Gasteiger partial charge >= 0.3 is 5.97 Å². The van der Waals surface area contributed by atoms with Gasteiger partial charge in [-0.15, -0.1) is 0 Å². The molecule has 6 heteroatoms. The second-order valence-corrected chi connectivity index (χ2v) is 7.38. The van der Waals surface area contributed by atoms with Crippen molar-refractivity contribution < 1.29 is 13.9 Å². The number of hydrogen-bond donors (Lipinski definition) is 1. The summed E-state index contributed by atoms with van der Waals surface area (Å²) in [5.41, 5.74) is 3.57. The fourth-order valence-corrected chi connectivity index (χ4v) is 4.46.